The lowest BCUT2D eigenvalue weighted by atomic mass is 10.1. The van der Waals surface area contributed by atoms with Crippen molar-refractivity contribution in [3.05, 3.63) is 46.8 Å². The van der Waals surface area contributed by atoms with E-state index in [1.807, 2.05) is 0 Å². The summed E-state index contributed by atoms with van der Waals surface area (Å²) in [5.74, 6) is -0.799. The van der Waals surface area contributed by atoms with Gasteiger partial charge in [-0.15, -0.1) is 24.8 Å². The first-order valence-corrected chi connectivity index (χ1v) is 7.34. The van der Waals surface area contributed by atoms with Crippen LogP contribution in [-0.2, 0) is 9.59 Å². The maximum atomic E-state index is 12.2. The Kier molecular flexibility index (Phi) is 7.74. The van der Waals surface area contributed by atoms with Gasteiger partial charge in [0.05, 0.1) is 18.5 Å². The van der Waals surface area contributed by atoms with Crippen molar-refractivity contribution < 1.29 is 23.5 Å². The number of fused-ring (bicyclic) bond motifs is 3. The third-order valence-electron chi connectivity index (χ3n) is 3.45. The molecule has 3 rings (SSSR count). The summed E-state index contributed by atoms with van der Waals surface area (Å²) in [6.07, 6.45) is 0. The first-order chi connectivity index (χ1) is 12.0. The molecule has 0 saturated carbocycles. The van der Waals surface area contributed by atoms with Crippen LogP contribution < -0.4 is 26.6 Å². The lowest BCUT2D eigenvalue weighted by Gasteiger charge is -2.07. The molecule has 0 atom stereocenters. The van der Waals surface area contributed by atoms with Gasteiger partial charge in [0.1, 0.15) is 17.1 Å². The fraction of sp³-hybridized carbons (Fsp3) is 0.118. The minimum absolute atomic E-state index is 0. The van der Waals surface area contributed by atoms with Gasteiger partial charge >= 0.3 is 17.6 Å². The molecule has 144 valence electrons. The van der Waals surface area contributed by atoms with Crippen LogP contribution in [0.4, 0.5) is 0 Å². The van der Waals surface area contributed by atoms with Gasteiger partial charge < -0.3 is 25.4 Å². The van der Waals surface area contributed by atoms with Crippen LogP contribution in [0.5, 0.6) is 11.5 Å². The summed E-state index contributed by atoms with van der Waals surface area (Å²) in [6, 6.07) is 9.27. The summed E-state index contributed by atoms with van der Waals surface area (Å²) in [4.78, 5) is 34.8. The van der Waals surface area contributed by atoms with Crippen molar-refractivity contribution in [2.24, 2.45) is 11.5 Å². The molecule has 10 heteroatoms. The van der Waals surface area contributed by atoms with Crippen LogP contribution in [0.15, 0.2) is 45.6 Å². The summed E-state index contributed by atoms with van der Waals surface area (Å²) in [5.41, 5.74) is 10.0. The Labute approximate surface area is 165 Å². The van der Waals surface area contributed by atoms with Gasteiger partial charge in [-0.1, -0.05) is 0 Å². The average molecular weight is 415 g/mol. The largest absolute Gasteiger partial charge is 0.426 e. The molecule has 0 aliphatic carbocycles. The van der Waals surface area contributed by atoms with Crippen LogP contribution in [-0.4, -0.2) is 25.0 Å². The minimum Gasteiger partial charge on any atom is -0.426 e. The molecule has 0 radical (unpaired) electrons. The molecule has 27 heavy (non-hydrogen) atoms. The van der Waals surface area contributed by atoms with Crippen molar-refractivity contribution in [2.75, 3.05) is 13.1 Å². The van der Waals surface area contributed by atoms with E-state index in [0.717, 1.165) is 0 Å². The Hall–Kier alpha value is -2.65. The van der Waals surface area contributed by atoms with Gasteiger partial charge in [0.25, 0.3) is 0 Å². The Morgan fingerprint density at radius 2 is 1.33 bits per heavy atom. The molecule has 0 spiro atoms. The van der Waals surface area contributed by atoms with Crippen molar-refractivity contribution in [2.45, 2.75) is 0 Å². The molecular formula is C17H16Cl2N2O6. The maximum Gasteiger partial charge on any atom is 0.344 e. The first kappa shape index (κ1) is 22.4. The highest BCUT2D eigenvalue weighted by Crippen LogP contribution is 2.28. The lowest BCUT2D eigenvalue weighted by Crippen LogP contribution is -2.19. The Morgan fingerprint density at radius 1 is 0.815 bits per heavy atom. The Bertz CT molecular complexity index is 1050. The summed E-state index contributed by atoms with van der Waals surface area (Å²) in [5, 5.41) is 1.50. The number of halogens is 2. The number of esters is 2. The minimum atomic E-state index is -0.615. The van der Waals surface area contributed by atoms with E-state index < -0.39 is 17.6 Å². The summed E-state index contributed by atoms with van der Waals surface area (Å²) < 4.78 is 15.3. The van der Waals surface area contributed by atoms with E-state index >= 15 is 0 Å². The molecule has 3 aromatic rings. The van der Waals surface area contributed by atoms with Gasteiger partial charge in [-0.05, 0) is 30.3 Å². The second-order valence-electron chi connectivity index (χ2n) is 5.11. The number of rotatable bonds is 4. The summed E-state index contributed by atoms with van der Waals surface area (Å²) >= 11 is 0. The monoisotopic (exact) mass is 414 g/mol. The lowest BCUT2D eigenvalue weighted by molar-refractivity contribution is -0.133. The van der Waals surface area contributed by atoms with E-state index in [4.69, 9.17) is 25.4 Å². The fourth-order valence-corrected chi connectivity index (χ4v) is 2.36. The number of hydrogen-bond acceptors (Lipinski definition) is 8. The van der Waals surface area contributed by atoms with Gasteiger partial charge in [0.2, 0.25) is 0 Å². The van der Waals surface area contributed by atoms with E-state index in [1.54, 1.807) is 24.3 Å². The molecule has 2 aromatic carbocycles. The Morgan fingerprint density at radius 3 is 1.89 bits per heavy atom. The number of carbonyl (C=O) groups is 2. The number of hydrogen-bond donors (Lipinski definition) is 2. The van der Waals surface area contributed by atoms with Crippen LogP contribution in [0.1, 0.15) is 0 Å². The van der Waals surface area contributed by atoms with Crippen molar-refractivity contribution in [3.63, 3.8) is 0 Å². The van der Waals surface area contributed by atoms with Crippen molar-refractivity contribution in [3.8, 4) is 11.5 Å². The van der Waals surface area contributed by atoms with E-state index in [0.29, 0.717) is 10.8 Å². The Balaban J connectivity index is 0.00000182. The molecular weight excluding hydrogens is 399 g/mol. The van der Waals surface area contributed by atoms with E-state index in [1.165, 1.54) is 12.1 Å². The normalized spacial score (nSPS) is 10.0. The average Bonchev–Trinajstić information content (AvgIpc) is 2.61. The molecule has 1 heterocycles. The van der Waals surface area contributed by atoms with E-state index in [2.05, 4.69) is 0 Å². The molecule has 0 bridgehead atoms. The number of carbonyl (C=O) groups excluding carboxylic acids is 2. The molecule has 1 aromatic heterocycles. The van der Waals surface area contributed by atoms with Gasteiger partial charge in [-0.25, -0.2) is 4.79 Å². The molecule has 0 aliphatic heterocycles. The van der Waals surface area contributed by atoms with Crippen molar-refractivity contribution in [1.82, 2.24) is 0 Å². The van der Waals surface area contributed by atoms with Crippen LogP contribution in [0.3, 0.4) is 0 Å². The zero-order valence-electron chi connectivity index (χ0n) is 13.8. The van der Waals surface area contributed by atoms with Gasteiger partial charge in [-0.3, -0.25) is 9.59 Å². The molecule has 0 aliphatic rings. The fourth-order valence-electron chi connectivity index (χ4n) is 2.36. The van der Waals surface area contributed by atoms with Crippen LogP contribution in [0, 0.1) is 0 Å². The van der Waals surface area contributed by atoms with Gasteiger partial charge in [-0.2, -0.15) is 0 Å². The topological polar surface area (TPSA) is 135 Å². The smallest absolute Gasteiger partial charge is 0.344 e. The predicted molar refractivity (Wildman–Crippen MR) is 104 cm³/mol. The number of benzene rings is 2. The second-order valence-corrected chi connectivity index (χ2v) is 5.11. The SMILES string of the molecule is Cl.Cl.NCC(=O)Oc1ccc2c(c1)oc(=O)c1cc(OC(=O)CN)ccc12. The van der Waals surface area contributed by atoms with E-state index in [9.17, 15) is 14.4 Å². The van der Waals surface area contributed by atoms with Crippen LogP contribution in [0.2, 0.25) is 0 Å². The van der Waals surface area contributed by atoms with Crippen LogP contribution >= 0.6 is 24.8 Å². The summed E-state index contributed by atoms with van der Waals surface area (Å²) in [7, 11) is 0. The zero-order valence-corrected chi connectivity index (χ0v) is 15.4. The molecule has 0 fully saturated rings. The van der Waals surface area contributed by atoms with Crippen molar-refractivity contribution in [1.29, 1.82) is 0 Å². The molecule has 0 unspecified atom stereocenters. The molecule has 4 N–H and O–H groups in total. The first-order valence-electron chi connectivity index (χ1n) is 7.34. The maximum absolute atomic E-state index is 12.2. The third-order valence-corrected chi connectivity index (χ3v) is 3.45. The van der Waals surface area contributed by atoms with Crippen molar-refractivity contribution >= 4 is 58.5 Å². The zero-order chi connectivity index (χ0) is 18.0. The number of nitrogens with two attached hydrogens (primary N) is 2. The van der Waals surface area contributed by atoms with Gasteiger partial charge in [0, 0.05) is 16.8 Å². The highest BCUT2D eigenvalue weighted by Gasteiger charge is 2.12. The molecule has 8 nitrogen and oxygen atoms in total. The van der Waals surface area contributed by atoms with Crippen LogP contribution in [0.25, 0.3) is 21.7 Å². The van der Waals surface area contributed by atoms with E-state index in [-0.39, 0.29) is 60.4 Å². The number of ether oxygens (including phenoxy) is 2. The molecule has 0 saturated heterocycles. The quantitative estimate of drug-likeness (QED) is 0.283. The third kappa shape index (κ3) is 4.75. The molecule has 0 amide bonds. The standard InChI is InChI=1S/C17H14N2O6.2ClH/c18-7-15(20)23-9-1-3-11-12-4-2-10(24-16(21)8-19)6-14(12)25-17(22)13(11)5-9;;/h1-6H,7-8,18-19H2;2*1H. The van der Waals surface area contributed by atoms with Gasteiger partial charge in [0.15, 0.2) is 0 Å². The predicted octanol–water partition coefficient (Wildman–Crippen LogP) is 1.52. The highest BCUT2D eigenvalue weighted by atomic mass is 35.5. The second kappa shape index (κ2) is 9.33. The summed E-state index contributed by atoms with van der Waals surface area (Å²) in [6.45, 7) is -0.529. The highest BCUT2D eigenvalue weighted by molar-refractivity contribution is 6.05.